The number of benzene rings is 5. The summed E-state index contributed by atoms with van der Waals surface area (Å²) in [4.78, 5) is 18.3. The molecule has 0 fully saturated rings. The lowest BCUT2D eigenvalue weighted by atomic mass is 9.93. The minimum Gasteiger partial charge on any atom is -0.277 e. The fourth-order valence-corrected chi connectivity index (χ4v) is 6.60. The average molecular weight is 602 g/mol. The van der Waals surface area contributed by atoms with Gasteiger partial charge in [0, 0.05) is 58.9 Å². The first-order valence-electron chi connectivity index (χ1n) is 15.6. The molecule has 5 aromatic carbocycles. The van der Waals surface area contributed by atoms with Crippen LogP contribution in [0.3, 0.4) is 0 Å². The summed E-state index contributed by atoms with van der Waals surface area (Å²) in [7, 11) is 0. The average Bonchev–Trinajstić information content (AvgIpc) is 3.50. The second-order valence-electron chi connectivity index (χ2n) is 11.7. The van der Waals surface area contributed by atoms with E-state index in [1.54, 1.807) is 0 Å². The van der Waals surface area contributed by atoms with Crippen LogP contribution in [-0.4, -0.2) is 24.5 Å². The van der Waals surface area contributed by atoms with Crippen LogP contribution >= 0.6 is 0 Å². The van der Waals surface area contributed by atoms with Crippen LogP contribution in [0.2, 0.25) is 0 Å². The van der Waals surface area contributed by atoms with Gasteiger partial charge in [0.2, 0.25) is 5.95 Å². The van der Waals surface area contributed by atoms with E-state index >= 15 is 0 Å². The molecular weight excluding hydrogens is 574 g/mol. The molecule has 0 spiro atoms. The fourth-order valence-electron chi connectivity index (χ4n) is 6.60. The van der Waals surface area contributed by atoms with Crippen molar-refractivity contribution in [2.24, 2.45) is 0 Å². The number of pyridine rings is 2. The highest BCUT2D eigenvalue weighted by Gasteiger charge is 2.16. The smallest absolute Gasteiger partial charge is 0.234 e. The van der Waals surface area contributed by atoms with Crippen molar-refractivity contribution in [2.45, 2.75) is 0 Å². The largest absolute Gasteiger partial charge is 0.277 e. The molecule has 0 aliphatic rings. The molecule has 0 N–H and O–H groups in total. The second kappa shape index (κ2) is 11.2. The Bertz CT molecular complexity index is 2480. The number of hydrogen-bond acceptors (Lipinski definition) is 4. The molecule has 0 aliphatic carbocycles. The summed E-state index contributed by atoms with van der Waals surface area (Å²) in [5.74, 6) is 0.657. The first-order chi connectivity index (χ1) is 23.3. The zero-order valence-electron chi connectivity index (χ0n) is 25.3. The predicted molar refractivity (Wildman–Crippen MR) is 191 cm³/mol. The van der Waals surface area contributed by atoms with Gasteiger partial charge in [-0.1, -0.05) is 78.9 Å². The molecule has 0 bridgehead atoms. The van der Waals surface area contributed by atoms with Crippen LogP contribution in [0.5, 0.6) is 0 Å². The molecule has 4 heterocycles. The molecule has 0 saturated heterocycles. The quantitative estimate of drug-likeness (QED) is 0.197. The summed E-state index contributed by atoms with van der Waals surface area (Å²) in [6.45, 7) is 0. The van der Waals surface area contributed by atoms with Gasteiger partial charge in [-0.3, -0.25) is 14.5 Å². The van der Waals surface area contributed by atoms with Crippen LogP contribution in [0.4, 0.5) is 0 Å². The van der Waals surface area contributed by atoms with Crippen molar-refractivity contribution in [1.82, 2.24) is 24.5 Å². The second-order valence-corrected chi connectivity index (χ2v) is 11.7. The maximum Gasteiger partial charge on any atom is 0.234 e. The van der Waals surface area contributed by atoms with Crippen LogP contribution < -0.4 is 0 Å². The Morgan fingerprint density at radius 1 is 0.383 bits per heavy atom. The van der Waals surface area contributed by atoms with Crippen molar-refractivity contribution in [1.29, 1.82) is 0 Å². The number of fused-ring (bicyclic) bond motifs is 5. The highest BCUT2D eigenvalue weighted by atomic mass is 15.1. The highest BCUT2D eigenvalue weighted by molar-refractivity contribution is 6.18. The van der Waals surface area contributed by atoms with Crippen molar-refractivity contribution in [3.05, 3.63) is 165 Å². The number of rotatable bonds is 5. The summed E-state index contributed by atoms with van der Waals surface area (Å²) in [6.07, 6.45) is 11.2. The van der Waals surface area contributed by atoms with Gasteiger partial charge >= 0.3 is 0 Å². The van der Waals surface area contributed by atoms with Crippen molar-refractivity contribution in [2.75, 3.05) is 0 Å². The molecule has 0 amide bonds. The number of hydrogen-bond donors (Lipinski definition) is 0. The van der Waals surface area contributed by atoms with E-state index in [0.717, 1.165) is 55.5 Å². The molecule has 0 unspecified atom stereocenters. The van der Waals surface area contributed by atoms with Crippen LogP contribution in [0.25, 0.3) is 83.0 Å². The monoisotopic (exact) mass is 601 g/mol. The third kappa shape index (κ3) is 4.73. The zero-order valence-corrected chi connectivity index (χ0v) is 25.3. The Morgan fingerprint density at radius 2 is 0.894 bits per heavy atom. The number of para-hydroxylation sites is 1. The van der Waals surface area contributed by atoms with E-state index in [1.165, 1.54) is 21.5 Å². The first kappa shape index (κ1) is 26.9. The van der Waals surface area contributed by atoms with Gasteiger partial charge in [0.15, 0.2) is 0 Å². The van der Waals surface area contributed by atoms with Gasteiger partial charge in [0.05, 0.1) is 11.0 Å². The van der Waals surface area contributed by atoms with Gasteiger partial charge < -0.3 is 0 Å². The maximum atomic E-state index is 4.92. The fraction of sp³-hybridized carbons (Fsp3) is 0. The Balaban J connectivity index is 1.09. The van der Waals surface area contributed by atoms with Crippen LogP contribution in [0.1, 0.15) is 0 Å². The zero-order chi connectivity index (χ0) is 31.2. The van der Waals surface area contributed by atoms with Gasteiger partial charge in [-0.25, -0.2) is 9.97 Å². The Morgan fingerprint density at radius 3 is 1.51 bits per heavy atom. The SMILES string of the molecule is c1ccc2c(c1)ccc1c3ccccc3n(-c3ncc(-c4ccc(-c5cc(-c6ccncc6)cc(-c6ccncc6)c5)cc4)cn3)c21. The van der Waals surface area contributed by atoms with E-state index < -0.39 is 0 Å². The minimum absolute atomic E-state index is 0.657. The summed E-state index contributed by atoms with van der Waals surface area (Å²) < 4.78 is 2.19. The molecule has 220 valence electrons. The predicted octanol–water partition coefficient (Wildman–Crippen LogP) is 10.2. The van der Waals surface area contributed by atoms with Crippen molar-refractivity contribution in [3.63, 3.8) is 0 Å². The third-order valence-electron chi connectivity index (χ3n) is 8.91. The lowest BCUT2D eigenvalue weighted by Crippen LogP contribution is -2.01. The Hall–Kier alpha value is -6.46. The standard InChI is InChI=1S/C42H27N5/c1-2-6-37-32(5-1)13-14-39-38-7-3-4-8-40(38)47(41(37)39)42-45-26-36(27-46-42)29-11-9-28(10-12-29)33-23-34(30-15-19-43-20-16-30)25-35(24-33)31-17-21-44-22-18-31/h1-27H. The van der Waals surface area contributed by atoms with Crippen LogP contribution in [0.15, 0.2) is 165 Å². The van der Waals surface area contributed by atoms with E-state index in [2.05, 4.69) is 118 Å². The maximum absolute atomic E-state index is 4.92. The van der Waals surface area contributed by atoms with E-state index in [0.29, 0.717) is 5.95 Å². The summed E-state index contributed by atoms with van der Waals surface area (Å²) in [5.41, 5.74) is 11.1. The molecule has 5 heteroatoms. The molecule has 9 aromatic rings. The first-order valence-corrected chi connectivity index (χ1v) is 15.6. The van der Waals surface area contributed by atoms with Crippen LogP contribution in [0, 0.1) is 0 Å². The van der Waals surface area contributed by atoms with Crippen molar-refractivity contribution < 1.29 is 0 Å². The van der Waals surface area contributed by atoms with Gasteiger partial charge in [0.1, 0.15) is 0 Å². The minimum atomic E-state index is 0.657. The summed E-state index contributed by atoms with van der Waals surface area (Å²) in [6, 6.07) is 44.9. The van der Waals surface area contributed by atoms with E-state index in [9.17, 15) is 0 Å². The van der Waals surface area contributed by atoms with E-state index in [-0.39, 0.29) is 0 Å². The number of nitrogens with zero attached hydrogens (tertiary/aromatic N) is 5. The van der Waals surface area contributed by atoms with E-state index in [1.807, 2.05) is 61.4 Å². The lowest BCUT2D eigenvalue weighted by Gasteiger charge is -2.12. The Labute approximate surface area is 271 Å². The topological polar surface area (TPSA) is 56.5 Å². The van der Waals surface area contributed by atoms with Gasteiger partial charge in [-0.05, 0) is 92.9 Å². The van der Waals surface area contributed by atoms with Gasteiger partial charge in [-0.2, -0.15) is 0 Å². The molecule has 0 aliphatic heterocycles. The molecule has 0 radical (unpaired) electrons. The summed E-state index contributed by atoms with van der Waals surface area (Å²) >= 11 is 0. The molecule has 0 saturated carbocycles. The Kier molecular flexibility index (Phi) is 6.39. The summed E-state index contributed by atoms with van der Waals surface area (Å²) in [5, 5.41) is 4.77. The third-order valence-corrected chi connectivity index (χ3v) is 8.91. The van der Waals surface area contributed by atoms with Crippen LogP contribution in [-0.2, 0) is 0 Å². The molecule has 5 nitrogen and oxygen atoms in total. The molecule has 9 rings (SSSR count). The molecule has 0 atom stereocenters. The van der Waals surface area contributed by atoms with Crippen molar-refractivity contribution in [3.8, 4) is 50.5 Å². The molecule has 4 aromatic heterocycles. The highest BCUT2D eigenvalue weighted by Crippen LogP contribution is 2.36. The molecule has 47 heavy (non-hydrogen) atoms. The normalized spacial score (nSPS) is 11.4. The van der Waals surface area contributed by atoms with Gasteiger partial charge in [-0.15, -0.1) is 0 Å². The van der Waals surface area contributed by atoms with Gasteiger partial charge in [0.25, 0.3) is 0 Å². The lowest BCUT2D eigenvalue weighted by molar-refractivity contribution is 0.992. The van der Waals surface area contributed by atoms with Crippen molar-refractivity contribution >= 4 is 32.6 Å². The van der Waals surface area contributed by atoms with E-state index in [4.69, 9.17) is 9.97 Å². The molecular formula is C42H27N5. The number of aromatic nitrogens is 5.